The predicted molar refractivity (Wildman–Crippen MR) is 91.1 cm³/mol. The third-order valence-corrected chi connectivity index (χ3v) is 4.33. The van der Waals surface area contributed by atoms with Crippen LogP contribution in [0.25, 0.3) is 11.2 Å². The fourth-order valence-corrected chi connectivity index (χ4v) is 2.99. The van der Waals surface area contributed by atoms with Crippen LogP contribution in [0.4, 0.5) is 5.82 Å². The zero-order valence-electron chi connectivity index (χ0n) is 13.6. The SMILES string of the molecule is NC/C=C\CCC(N)[C@H]1O[C@@H](n2cnc3c(N)ncnc32)[C@H](O)[C@@H]1O. The van der Waals surface area contributed by atoms with Crippen molar-refractivity contribution in [2.24, 2.45) is 11.5 Å². The quantitative estimate of drug-likeness (QED) is 0.395. The smallest absolute Gasteiger partial charge is 0.167 e. The van der Waals surface area contributed by atoms with Crippen LogP contribution in [0.3, 0.4) is 0 Å². The highest BCUT2D eigenvalue weighted by Crippen LogP contribution is 2.33. The Hall–Kier alpha value is -2.11. The third-order valence-electron chi connectivity index (χ3n) is 4.33. The summed E-state index contributed by atoms with van der Waals surface area (Å²) in [5.74, 6) is 0.233. The number of aliphatic hydroxyl groups excluding tert-OH is 2. The van der Waals surface area contributed by atoms with Crippen molar-refractivity contribution < 1.29 is 14.9 Å². The highest BCUT2D eigenvalue weighted by Gasteiger charge is 2.46. The molecule has 1 unspecified atom stereocenters. The lowest BCUT2D eigenvalue weighted by molar-refractivity contribution is -0.0427. The minimum Gasteiger partial charge on any atom is -0.387 e. The first-order valence-electron chi connectivity index (χ1n) is 8.09. The molecular formula is C15H23N7O3. The molecule has 0 saturated carbocycles. The molecule has 0 spiro atoms. The van der Waals surface area contributed by atoms with Crippen molar-refractivity contribution in [1.82, 2.24) is 19.5 Å². The van der Waals surface area contributed by atoms with E-state index in [1.54, 1.807) is 0 Å². The number of imidazole rings is 1. The molecule has 1 fully saturated rings. The van der Waals surface area contributed by atoms with E-state index >= 15 is 0 Å². The van der Waals surface area contributed by atoms with Crippen molar-refractivity contribution in [3.05, 3.63) is 24.8 Å². The van der Waals surface area contributed by atoms with Gasteiger partial charge in [0, 0.05) is 12.6 Å². The van der Waals surface area contributed by atoms with Crippen LogP contribution in [0.2, 0.25) is 0 Å². The number of hydrogen-bond acceptors (Lipinski definition) is 9. The molecule has 2 aromatic rings. The van der Waals surface area contributed by atoms with Crippen LogP contribution < -0.4 is 17.2 Å². The van der Waals surface area contributed by atoms with Crippen LogP contribution in [-0.4, -0.2) is 60.6 Å². The molecule has 25 heavy (non-hydrogen) atoms. The second-order valence-electron chi connectivity index (χ2n) is 6.00. The Morgan fingerprint density at radius 2 is 2.04 bits per heavy atom. The summed E-state index contributed by atoms with van der Waals surface area (Å²) in [6.45, 7) is 0.470. The first kappa shape index (κ1) is 17.7. The standard InChI is InChI=1S/C15H23N7O3/c16-5-3-1-2-4-8(17)12-10(23)11(24)15(25-12)22-7-21-9-13(18)19-6-20-14(9)22/h1,3,6-8,10-12,15,23-24H,2,4-5,16-17H2,(H2,18,19,20)/b3-1-/t8?,10-,11+,12+,15+/m0/s1. The lowest BCUT2D eigenvalue weighted by atomic mass is 10.00. The fraction of sp³-hybridized carbons (Fsp3) is 0.533. The van der Waals surface area contributed by atoms with Crippen LogP contribution in [0.1, 0.15) is 19.1 Å². The number of aliphatic hydroxyl groups is 2. The molecule has 0 radical (unpaired) electrons. The molecule has 0 aliphatic carbocycles. The maximum absolute atomic E-state index is 10.4. The van der Waals surface area contributed by atoms with Crippen molar-refractivity contribution in [2.45, 2.75) is 43.4 Å². The molecule has 8 N–H and O–H groups in total. The highest BCUT2D eigenvalue weighted by molar-refractivity contribution is 5.81. The van der Waals surface area contributed by atoms with Gasteiger partial charge in [-0.1, -0.05) is 12.2 Å². The van der Waals surface area contributed by atoms with E-state index in [-0.39, 0.29) is 5.82 Å². The second kappa shape index (κ2) is 7.42. The van der Waals surface area contributed by atoms with E-state index < -0.39 is 30.6 Å². The van der Waals surface area contributed by atoms with Crippen molar-refractivity contribution in [3.8, 4) is 0 Å². The number of rotatable bonds is 6. The molecule has 3 heterocycles. The Morgan fingerprint density at radius 1 is 1.24 bits per heavy atom. The summed E-state index contributed by atoms with van der Waals surface area (Å²) in [6, 6.07) is -0.438. The Morgan fingerprint density at radius 3 is 2.80 bits per heavy atom. The van der Waals surface area contributed by atoms with Gasteiger partial charge in [-0.15, -0.1) is 0 Å². The van der Waals surface area contributed by atoms with Gasteiger partial charge >= 0.3 is 0 Å². The van der Waals surface area contributed by atoms with Crippen molar-refractivity contribution >= 4 is 17.0 Å². The van der Waals surface area contributed by atoms with Crippen LogP contribution in [0.5, 0.6) is 0 Å². The van der Waals surface area contributed by atoms with E-state index in [0.29, 0.717) is 30.6 Å². The Balaban J connectivity index is 1.77. The summed E-state index contributed by atoms with van der Waals surface area (Å²) in [7, 11) is 0. The molecule has 136 valence electrons. The molecule has 0 amide bonds. The summed E-state index contributed by atoms with van der Waals surface area (Å²) in [4.78, 5) is 12.2. The molecular weight excluding hydrogens is 326 g/mol. The number of allylic oxidation sites excluding steroid dienone is 1. The molecule has 1 saturated heterocycles. The van der Waals surface area contributed by atoms with Gasteiger partial charge in [0.05, 0.1) is 6.33 Å². The van der Waals surface area contributed by atoms with Gasteiger partial charge in [0.15, 0.2) is 17.7 Å². The Bertz CT molecular complexity index is 750. The van der Waals surface area contributed by atoms with Gasteiger partial charge in [-0.25, -0.2) is 15.0 Å². The maximum atomic E-state index is 10.4. The van der Waals surface area contributed by atoms with E-state index in [9.17, 15) is 10.2 Å². The number of hydrogen-bond donors (Lipinski definition) is 5. The number of nitrogens with zero attached hydrogens (tertiary/aromatic N) is 4. The van der Waals surface area contributed by atoms with Gasteiger partial charge in [0.2, 0.25) is 0 Å². The fourth-order valence-electron chi connectivity index (χ4n) is 2.99. The van der Waals surface area contributed by atoms with E-state index in [0.717, 1.165) is 0 Å². The number of ether oxygens (including phenoxy) is 1. The van der Waals surface area contributed by atoms with E-state index in [1.165, 1.54) is 17.2 Å². The third kappa shape index (κ3) is 3.34. The molecule has 2 aromatic heterocycles. The minimum atomic E-state index is -1.16. The number of anilines is 1. The van der Waals surface area contributed by atoms with E-state index in [2.05, 4.69) is 15.0 Å². The first-order valence-corrected chi connectivity index (χ1v) is 8.09. The summed E-state index contributed by atoms with van der Waals surface area (Å²) in [5.41, 5.74) is 18.1. The average Bonchev–Trinajstić information content (AvgIpc) is 3.15. The van der Waals surface area contributed by atoms with Crippen LogP contribution in [-0.2, 0) is 4.74 Å². The van der Waals surface area contributed by atoms with Crippen molar-refractivity contribution in [2.75, 3.05) is 12.3 Å². The molecule has 0 bridgehead atoms. The molecule has 5 atom stereocenters. The van der Waals surface area contributed by atoms with E-state index in [1.807, 2.05) is 12.2 Å². The number of nitrogens with two attached hydrogens (primary N) is 3. The van der Waals surface area contributed by atoms with Crippen LogP contribution >= 0.6 is 0 Å². The van der Waals surface area contributed by atoms with Gasteiger partial charge in [-0.3, -0.25) is 4.57 Å². The number of nitrogen functional groups attached to an aromatic ring is 1. The number of aromatic nitrogens is 4. The molecule has 1 aliphatic heterocycles. The molecule has 3 rings (SSSR count). The Labute approximate surface area is 144 Å². The van der Waals surface area contributed by atoms with Crippen molar-refractivity contribution in [3.63, 3.8) is 0 Å². The van der Waals surface area contributed by atoms with E-state index in [4.69, 9.17) is 21.9 Å². The van der Waals surface area contributed by atoms with Crippen LogP contribution in [0, 0.1) is 0 Å². The normalized spacial score (nSPS) is 28.2. The molecule has 10 heteroatoms. The van der Waals surface area contributed by atoms with Crippen molar-refractivity contribution in [1.29, 1.82) is 0 Å². The second-order valence-corrected chi connectivity index (χ2v) is 6.00. The largest absolute Gasteiger partial charge is 0.387 e. The van der Waals surface area contributed by atoms with Gasteiger partial charge in [-0.2, -0.15) is 0 Å². The van der Waals surface area contributed by atoms with Crippen LogP contribution in [0.15, 0.2) is 24.8 Å². The van der Waals surface area contributed by atoms with Gasteiger partial charge < -0.3 is 32.2 Å². The predicted octanol–water partition coefficient (Wildman–Crippen LogP) is -1.35. The zero-order chi connectivity index (χ0) is 18.0. The molecule has 1 aliphatic rings. The summed E-state index contributed by atoms with van der Waals surface area (Å²) in [6.07, 6.45) is 4.00. The topological polar surface area (TPSA) is 171 Å². The summed E-state index contributed by atoms with van der Waals surface area (Å²) >= 11 is 0. The monoisotopic (exact) mass is 349 g/mol. The summed E-state index contributed by atoms with van der Waals surface area (Å²) < 4.78 is 7.38. The lowest BCUT2D eigenvalue weighted by Gasteiger charge is -2.21. The van der Waals surface area contributed by atoms with Gasteiger partial charge in [-0.05, 0) is 12.8 Å². The lowest BCUT2D eigenvalue weighted by Crippen LogP contribution is -2.43. The molecule has 0 aromatic carbocycles. The zero-order valence-corrected chi connectivity index (χ0v) is 13.6. The minimum absolute atomic E-state index is 0.233. The highest BCUT2D eigenvalue weighted by atomic mass is 16.6. The maximum Gasteiger partial charge on any atom is 0.167 e. The average molecular weight is 349 g/mol. The molecule has 10 nitrogen and oxygen atoms in total. The summed E-state index contributed by atoms with van der Waals surface area (Å²) in [5, 5.41) is 20.7. The Kier molecular flexibility index (Phi) is 5.25. The van der Waals surface area contributed by atoms with Gasteiger partial charge in [0.1, 0.15) is 30.2 Å². The number of fused-ring (bicyclic) bond motifs is 1. The first-order chi connectivity index (χ1) is 12.0. The van der Waals surface area contributed by atoms with Gasteiger partial charge in [0.25, 0.3) is 0 Å².